The summed E-state index contributed by atoms with van der Waals surface area (Å²) in [4.78, 5) is 6.71. The van der Waals surface area contributed by atoms with Crippen molar-refractivity contribution in [1.82, 2.24) is 14.5 Å². The third kappa shape index (κ3) is 2.40. The second-order valence-corrected chi connectivity index (χ2v) is 7.68. The van der Waals surface area contributed by atoms with Crippen LogP contribution < -0.4 is 0 Å². The first-order chi connectivity index (χ1) is 12.7. The topological polar surface area (TPSA) is 41.3 Å². The van der Waals surface area contributed by atoms with E-state index < -0.39 is 6.10 Å². The van der Waals surface area contributed by atoms with Crippen LogP contribution in [-0.4, -0.2) is 32.6 Å². The smallest absolute Gasteiger partial charge is 0.0832 e. The summed E-state index contributed by atoms with van der Waals surface area (Å²) >= 11 is 0. The normalized spacial score (nSPS) is 20.9. The molecule has 134 valence electrons. The van der Waals surface area contributed by atoms with E-state index in [0.29, 0.717) is 12.5 Å². The van der Waals surface area contributed by atoms with Gasteiger partial charge in [-0.15, -0.1) is 0 Å². The summed E-state index contributed by atoms with van der Waals surface area (Å²) in [6.45, 7) is 2.41. The number of nitrogens with zero attached hydrogens (tertiary/aromatic N) is 3. The van der Waals surface area contributed by atoms with Crippen molar-refractivity contribution >= 4 is 10.9 Å². The first kappa shape index (κ1) is 16.0. The number of rotatable bonds is 3. The van der Waals surface area contributed by atoms with Gasteiger partial charge in [0.1, 0.15) is 0 Å². The molecule has 3 aromatic rings. The van der Waals surface area contributed by atoms with Gasteiger partial charge in [0.25, 0.3) is 0 Å². The Morgan fingerprint density at radius 2 is 2.04 bits per heavy atom. The van der Waals surface area contributed by atoms with Gasteiger partial charge in [-0.2, -0.15) is 0 Å². The Kier molecular flexibility index (Phi) is 3.84. The summed E-state index contributed by atoms with van der Waals surface area (Å²) in [7, 11) is 2.20. The maximum absolute atomic E-state index is 10.7. The van der Waals surface area contributed by atoms with Crippen LogP contribution in [-0.2, 0) is 19.9 Å². The lowest BCUT2D eigenvalue weighted by Crippen LogP contribution is -2.31. The van der Waals surface area contributed by atoms with E-state index in [1.54, 1.807) is 18.0 Å². The molecule has 2 aliphatic heterocycles. The molecule has 0 radical (unpaired) electrons. The molecule has 5 rings (SSSR count). The van der Waals surface area contributed by atoms with Crippen molar-refractivity contribution in [3.63, 3.8) is 0 Å². The van der Waals surface area contributed by atoms with Crippen LogP contribution in [0.5, 0.6) is 0 Å². The quantitative estimate of drug-likeness (QED) is 0.788. The van der Waals surface area contributed by atoms with Gasteiger partial charge in [-0.25, -0.2) is 0 Å². The number of aromatic nitrogens is 2. The molecule has 1 saturated heterocycles. The Labute approximate surface area is 154 Å². The molecule has 4 heteroatoms. The van der Waals surface area contributed by atoms with Crippen LogP contribution in [0, 0.1) is 0 Å². The van der Waals surface area contributed by atoms with Gasteiger partial charge >= 0.3 is 0 Å². The average Bonchev–Trinajstić information content (AvgIpc) is 3.26. The molecular formula is C22H25N3O. The molecule has 1 N–H and O–H groups in total. The minimum Gasteiger partial charge on any atom is -0.388 e. The molecule has 4 nitrogen and oxygen atoms in total. The van der Waals surface area contributed by atoms with Gasteiger partial charge in [0.05, 0.1) is 11.6 Å². The van der Waals surface area contributed by atoms with Crippen molar-refractivity contribution in [3.05, 3.63) is 65.1 Å². The van der Waals surface area contributed by atoms with Gasteiger partial charge in [-0.1, -0.05) is 18.2 Å². The number of aliphatic hydroxyl groups excluding tert-OH is 1. The Morgan fingerprint density at radius 1 is 1.19 bits per heavy atom. The number of pyridine rings is 1. The monoisotopic (exact) mass is 347 g/mol. The average molecular weight is 347 g/mol. The van der Waals surface area contributed by atoms with Crippen molar-refractivity contribution in [3.8, 4) is 0 Å². The lowest BCUT2D eigenvalue weighted by atomic mass is 9.94. The van der Waals surface area contributed by atoms with Crippen LogP contribution in [0.25, 0.3) is 10.9 Å². The summed E-state index contributed by atoms with van der Waals surface area (Å²) in [6.07, 6.45) is 7.33. The highest BCUT2D eigenvalue weighted by atomic mass is 16.3. The van der Waals surface area contributed by atoms with E-state index in [0.717, 1.165) is 12.0 Å². The van der Waals surface area contributed by atoms with E-state index in [1.807, 2.05) is 12.1 Å². The predicted octanol–water partition coefficient (Wildman–Crippen LogP) is 3.54. The van der Waals surface area contributed by atoms with Crippen LogP contribution in [0.15, 0.2) is 42.7 Å². The Hall–Kier alpha value is -2.17. The number of hydrogen-bond acceptors (Lipinski definition) is 3. The maximum atomic E-state index is 10.7. The predicted molar refractivity (Wildman–Crippen MR) is 103 cm³/mol. The summed E-state index contributed by atoms with van der Waals surface area (Å²) in [5.74, 6) is 0. The second-order valence-electron chi connectivity index (χ2n) is 7.68. The zero-order chi connectivity index (χ0) is 17.7. The number of hydrogen-bond donors (Lipinski definition) is 1. The fourth-order valence-electron chi connectivity index (χ4n) is 5.10. The van der Waals surface area contributed by atoms with E-state index in [9.17, 15) is 5.11 Å². The molecule has 26 heavy (non-hydrogen) atoms. The molecule has 4 heterocycles. The zero-order valence-corrected chi connectivity index (χ0v) is 15.2. The van der Waals surface area contributed by atoms with E-state index in [2.05, 4.69) is 39.7 Å². The number of benzene rings is 1. The highest BCUT2D eigenvalue weighted by molar-refractivity contribution is 5.89. The standard InChI is InChI=1S/C22H25N3O/c1-24-18-9-13-25-12-3-6-19(25)21(18)17-5-2-4-16(22(17)24)14-20(26)15-7-10-23-11-8-15/h2,4-5,7-8,10-11,19-20,26H,3,6,9,12-14H2,1H3. The molecule has 2 atom stereocenters. The molecule has 1 fully saturated rings. The third-order valence-electron chi connectivity index (χ3n) is 6.30. The molecule has 0 spiro atoms. The molecule has 0 bridgehead atoms. The maximum Gasteiger partial charge on any atom is 0.0832 e. The SMILES string of the molecule is Cn1c2c(c3cccc(CC(O)c4ccncc4)c31)C1CCCN1CC2. The number of fused-ring (bicyclic) bond motifs is 5. The van der Waals surface area contributed by atoms with Crippen LogP contribution in [0.3, 0.4) is 0 Å². The zero-order valence-electron chi connectivity index (χ0n) is 15.2. The number of para-hydroxylation sites is 1. The van der Waals surface area contributed by atoms with Gasteiger partial charge in [-0.05, 0) is 48.2 Å². The van der Waals surface area contributed by atoms with E-state index in [-0.39, 0.29) is 0 Å². The minimum atomic E-state index is -0.501. The third-order valence-corrected chi connectivity index (χ3v) is 6.30. The Balaban J connectivity index is 1.60. The molecule has 0 amide bonds. The lowest BCUT2D eigenvalue weighted by molar-refractivity contribution is 0.178. The molecular weight excluding hydrogens is 322 g/mol. The molecule has 2 aromatic heterocycles. The summed E-state index contributed by atoms with van der Waals surface area (Å²) in [6, 6.07) is 11.0. The first-order valence-electron chi connectivity index (χ1n) is 9.65. The van der Waals surface area contributed by atoms with Crippen molar-refractivity contribution in [2.24, 2.45) is 7.05 Å². The van der Waals surface area contributed by atoms with Crippen LogP contribution in [0.4, 0.5) is 0 Å². The van der Waals surface area contributed by atoms with Crippen molar-refractivity contribution in [2.45, 2.75) is 37.8 Å². The lowest BCUT2D eigenvalue weighted by Gasteiger charge is -2.30. The molecule has 1 aromatic carbocycles. The molecule has 2 aliphatic rings. The summed E-state index contributed by atoms with van der Waals surface area (Å²) < 4.78 is 2.40. The van der Waals surface area contributed by atoms with Crippen LogP contribution in [0.2, 0.25) is 0 Å². The highest BCUT2D eigenvalue weighted by Gasteiger charge is 2.35. The highest BCUT2D eigenvalue weighted by Crippen LogP contribution is 2.43. The second kappa shape index (κ2) is 6.22. The molecule has 2 unspecified atom stereocenters. The van der Waals surface area contributed by atoms with Crippen molar-refractivity contribution < 1.29 is 5.11 Å². The molecule has 0 saturated carbocycles. The Bertz CT molecular complexity index is 947. The fraction of sp³-hybridized carbons (Fsp3) is 0.409. The van der Waals surface area contributed by atoms with E-state index >= 15 is 0 Å². The van der Waals surface area contributed by atoms with Crippen LogP contribution >= 0.6 is 0 Å². The fourth-order valence-corrected chi connectivity index (χ4v) is 5.10. The Morgan fingerprint density at radius 3 is 2.88 bits per heavy atom. The van der Waals surface area contributed by atoms with Crippen LogP contribution in [0.1, 0.15) is 47.4 Å². The first-order valence-corrected chi connectivity index (χ1v) is 9.65. The van der Waals surface area contributed by atoms with Gasteiger partial charge < -0.3 is 9.67 Å². The largest absolute Gasteiger partial charge is 0.388 e. The summed E-state index contributed by atoms with van der Waals surface area (Å²) in [5.41, 5.74) is 6.51. The number of aliphatic hydroxyl groups is 1. The minimum absolute atomic E-state index is 0.501. The van der Waals surface area contributed by atoms with Gasteiger partial charge in [0, 0.05) is 55.9 Å². The van der Waals surface area contributed by atoms with Gasteiger partial charge in [0.2, 0.25) is 0 Å². The van der Waals surface area contributed by atoms with Crippen molar-refractivity contribution in [1.29, 1.82) is 0 Å². The van der Waals surface area contributed by atoms with E-state index in [1.165, 1.54) is 48.1 Å². The summed E-state index contributed by atoms with van der Waals surface area (Å²) in [5, 5.41) is 12.1. The van der Waals surface area contributed by atoms with E-state index in [4.69, 9.17) is 0 Å². The number of aryl methyl sites for hydroxylation is 1. The molecule has 0 aliphatic carbocycles. The van der Waals surface area contributed by atoms with Gasteiger partial charge in [-0.3, -0.25) is 9.88 Å². The van der Waals surface area contributed by atoms with Gasteiger partial charge in [0.15, 0.2) is 0 Å². The van der Waals surface area contributed by atoms with Crippen molar-refractivity contribution in [2.75, 3.05) is 13.1 Å².